The van der Waals surface area contributed by atoms with Crippen LogP contribution in [-0.2, 0) is 4.74 Å². The first-order chi connectivity index (χ1) is 8.63. The lowest BCUT2D eigenvalue weighted by Gasteiger charge is -2.42. The van der Waals surface area contributed by atoms with Crippen LogP contribution in [0.25, 0.3) is 0 Å². The molecular weight excluding hydrogens is 234 g/mol. The molecule has 2 rings (SSSR count). The summed E-state index contributed by atoms with van der Waals surface area (Å²) >= 11 is 0. The normalized spacial score (nSPS) is 26.4. The smallest absolute Gasteiger partial charge is 0.274 e. The molecule has 1 aliphatic rings. The maximum absolute atomic E-state index is 11.9. The molecule has 98 valence electrons. The lowest BCUT2D eigenvalue weighted by molar-refractivity contribution is -0.0301. The van der Waals surface area contributed by atoms with Gasteiger partial charge in [0.1, 0.15) is 5.75 Å². The van der Waals surface area contributed by atoms with E-state index in [0.29, 0.717) is 6.61 Å². The van der Waals surface area contributed by atoms with Crippen molar-refractivity contribution in [2.45, 2.75) is 31.5 Å². The number of aromatic nitrogens is 1. The van der Waals surface area contributed by atoms with Gasteiger partial charge in [0.2, 0.25) is 0 Å². The standard InChI is InChI=1S/C12H17N3O3/c1-2-18-9-6-7(13)10(9)15-12(17)11-8(16)4-3-5-14-11/h3-5,7,9-10,16H,2,6,13H2,1H3,(H,15,17). The number of ether oxygens (including phenoxy) is 1. The number of nitrogens with one attached hydrogen (secondary N) is 1. The van der Waals surface area contributed by atoms with Gasteiger partial charge in [-0.2, -0.15) is 0 Å². The van der Waals surface area contributed by atoms with Gasteiger partial charge in [0.15, 0.2) is 5.69 Å². The molecule has 0 aliphatic heterocycles. The van der Waals surface area contributed by atoms with Crippen LogP contribution in [0.2, 0.25) is 0 Å². The second kappa shape index (κ2) is 5.32. The highest BCUT2D eigenvalue weighted by Crippen LogP contribution is 2.23. The van der Waals surface area contributed by atoms with Crippen molar-refractivity contribution in [1.82, 2.24) is 10.3 Å². The molecule has 18 heavy (non-hydrogen) atoms. The van der Waals surface area contributed by atoms with Crippen molar-refractivity contribution in [3.63, 3.8) is 0 Å². The fourth-order valence-corrected chi connectivity index (χ4v) is 2.02. The lowest BCUT2D eigenvalue weighted by Crippen LogP contribution is -2.64. The Hall–Kier alpha value is -1.66. The van der Waals surface area contributed by atoms with Crippen molar-refractivity contribution in [2.24, 2.45) is 5.73 Å². The molecule has 3 unspecified atom stereocenters. The summed E-state index contributed by atoms with van der Waals surface area (Å²) in [4.78, 5) is 15.8. The number of aromatic hydroxyl groups is 1. The molecule has 3 atom stereocenters. The number of carbonyl (C=O) groups excluding carboxylic acids is 1. The molecule has 0 bridgehead atoms. The summed E-state index contributed by atoms with van der Waals surface area (Å²) in [7, 11) is 0. The second-order valence-corrected chi connectivity index (χ2v) is 4.26. The molecule has 6 nitrogen and oxygen atoms in total. The summed E-state index contributed by atoms with van der Waals surface area (Å²) in [6, 6.07) is 2.64. The Labute approximate surface area is 105 Å². The van der Waals surface area contributed by atoms with Gasteiger partial charge in [0, 0.05) is 18.8 Å². The summed E-state index contributed by atoms with van der Waals surface area (Å²) in [6.45, 7) is 2.48. The summed E-state index contributed by atoms with van der Waals surface area (Å²) in [5, 5.41) is 12.3. The van der Waals surface area contributed by atoms with Crippen LogP contribution in [0.4, 0.5) is 0 Å². The first kappa shape index (κ1) is 12.8. The van der Waals surface area contributed by atoms with Crippen LogP contribution < -0.4 is 11.1 Å². The Kier molecular flexibility index (Phi) is 3.78. The van der Waals surface area contributed by atoms with E-state index in [4.69, 9.17) is 10.5 Å². The minimum absolute atomic E-state index is 0.00634. The number of nitrogens with two attached hydrogens (primary N) is 1. The van der Waals surface area contributed by atoms with Crippen LogP contribution in [0, 0.1) is 0 Å². The lowest BCUT2D eigenvalue weighted by atomic mass is 9.83. The fraction of sp³-hybridized carbons (Fsp3) is 0.500. The average Bonchev–Trinajstić information content (AvgIpc) is 2.36. The molecular formula is C12H17N3O3. The third-order valence-corrected chi connectivity index (χ3v) is 3.05. The Morgan fingerprint density at radius 1 is 1.72 bits per heavy atom. The van der Waals surface area contributed by atoms with Gasteiger partial charge in [-0.25, -0.2) is 4.98 Å². The van der Waals surface area contributed by atoms with Crippen LogP contribution in [0.5, 0.6) is 5.75 Å². The molecule has 0 saturated heterocycles. The Morgan fingerprint density at radius 3 is 3.11 bits per heavy atom. The van der Waals surface area contributed by atoms with E-state index in [1.165, 1.54) is 12.3 Å². The van der Waals surface area contributed by atoms with E-state index < -0.39 is 5.91 Å². The third-order valence-electron chi connectivity index (χ3n) is 3.05. The minimum Gasteiger partial charge on any atom is -0.505 e. The number of nitrogens with zero attached hydrogens (tertiary/aromatic N) is 1. The summed E-state index contributed by atoms with van der Waals surface area (Å²) < 4.78 is 5.45. The molecule has 1 fully saturated rings. The maximum Gasteiger partial charge on any atom is 0.274 e. The van der Waals surface area contributed by atoms with Crippen molar-refractivity contribution >= 4 is 5.91 Å². The van der Waals surface area contributed by atoms with Gasteiger partial charge in [-0.3, -0.25) is 4.79 Å². The largest absolute Gasteiger partial charge is 0.505 e. The van der Waals surface area contributed by atoms with Crippen molar-refractivity contribution in [1.29, 1.82) is 0 Å². The predicted molar refractivity (Wildman–Crippen MR) is 65.2 cm³/mol. The summed E-state index contributed by atoms with van der Waals surface area (Å²) in [5.74, 6) is -0.575. The molecule has 0 radical (unpaired) electrons. The van der Waals surface area contributed by atoms with Crippen molar-refractivity contribution < 1.29 is 14.6 Å². The highest BCUT2D eigenvalue weighted by Gasteiger charge is 2.40. The van der Waals surface area contributed by atoms with Gasteiger partial charge in [-0.15, -0.1) is 0 Å². The Balaban J connectivity index is 2.01. The van der Waals surface area contributed by atoms with E-state index in [-0.39, 0.29) is 29.6 Å². The Morgan fingerprint density at radius 2 is 2.50 bits per heavy atom. The first-order valence-electron chi connectivity index (χ1n) is 5.95. The molecule has 1 amide bonds. The first-order valence-corrected chi connectivity index (χ1v) is 5.95. The van der Waals surface area contributed by atoms with Crippen LogP contribution in [-0.4, -0.2) is 40.8 Å². The maximum atomic E-state index is 11.9. The monoisotopic (exact) mass is 251 g/mol. The Bertz CT molecular complexity index is 436. The molecule has 1 aromatic heterocycles. The van der Waals surface area contributed by atoms with Gasteiger partial charge in [0.25, 0.3) is 5.91 Å². The SMILES string of the molecule is CCOC1CC(N)C1NC(=O)c1ncccc1O. The number of hydrogen-bond acceptors (Lipinski definition) is 5. The zero-order valence-electron chi connectivity index (χ0n) is 10.2. The number of amides is 1. The average molecular weight is 251 g/mol. The predicted octanol–water partition coefficient (Wildman–Crippen LogP) is 0.0217. The van der Waals surface area contributed by atoms with Crippen molar-refractivity contribution in [3.8, 4) is 5.75 Å². The van der Waals surface area contributed by atoms with E-state index in [1.807, 2.05) is 6.92 Å². The highest BCUT2D eigenvalue weighted by atomic mass is 16.5. The van der Waals surface area contributed by atoms with Gasteiger partial charge in [-0.05, 0) is 25.5 Å². The van der Waals surface area contributed by atoms with Crippen molar-refractivity contribution in [2.75, 3.05) is 6.61 Å². The third kappa shape index (κ3) is 2.44. The van der Waals surface area contributed by atoms with Gasteiger partial charge in [-0.1, -0.05) is 0 Å². The summed E-state index contributed by atoms with van der Waals surface area (Å²) in [6.07, 6.45) is 2.13. The van der Waals surface area contributed by atoms with E-state index in [1.54, 1.807) is 6.07 Å². The quantitative estimate of drug-likeness (QED) is 0.701. The number of hydrogen-bond donors (Lipinski definition) is 3. The zero-order valence-corrected chi connectivity index (χ0v) is 10.2. The van der Waals surface area contributed by atoms with E-state index in [2.05, 4.69) is 10.3 Å². The molecule has 6 heteroatoms. The number of pyridine rings is 1. The summed E-state index contributed by atoms with van der Waals surface area (Å²) in [5.41, 5.74) is 5.84. The van der Waals surface area contributed by atoms with Crippen molar-refractivity contribution in [3.05, 3.63) is 24.0 Å². The van der Waals surface area contributed by atoms with E-state index in [0.717, 1.165) is 6.42 Å². The molecule has 0 spiro atoms. The molecule has 1 heterocycles. The minimum atomic E-state index is -0.432. The second-order valence-electron chi connectivity index (χ2n) is 4.26. The highest BCUT2D eigenvalue weighted by molar-refractivity contribution is 5.95. The van der Waals surface area contributed by atoms with Crippen LogP contribution in [0.3, 0.4) is 0 Å². The van der Waals surface area contributed by atoms with Crippen LogP contribution >= 0.6 is 0 Å². The van der Waals surface area contributed by atoms with Gasteiger partial charge < -0.3 is 20.9 Å². The van der Waals surface area contributed by atoms with Gasteiger partial charge >= 0.3 is 0 Å². The molecule has 1 aliphatic carbocycles. The van der Waals surface area contributed by atoms with Crippen LogP contribution in [0.1, 0.15) is 23.8 Å². The fourth-order valence-electron chi connectivity index (χ4n) is 2.02. The van der Waals surface area contributed by atoms with Gasteiger partial charge in [0.05, 0.1) is 12.1 Å². The van der Waals surface area contributed by atoms with E-state index in [9.17, 15) is 9.90 Å². The number of rotatable bonds is 4. The molecule has 0 aromatic carbocycles. The zero-order chi connectivity index (χ0) is 13.1. The molecule has 1 saturated carbocycles. The van der Waals surface area contributed by atoms with Crippen LogP contribution in [0.15, 0.2) is 18.3 Å². The molecule has 1 aromatic rings. The van der Waals surface area contributed by atoms with E-state index >= 15 is 0 Å². The molecule has 4 N–H and O–H groups in total. The topological polar surface area (TPSA) is 97.5 Å². The number of carbonyl (C=O) groups is 1.